The van der Waals surface area contributed by atoms with Crippen LogP contribution in [0.25, 0.3) is 11.5 Å². The molecule has 0 unspecified atom stereocenters. The summed E-state index contributed by atoms with van der Waals surface area (Å²) >= 11 is 0. The van der Waals surface area contributed by atoms with Crippen molar-refractivity contribution in [3.05, 3.63) is 60.5 Å². The van der Waals surface area contributed by atoms with Crippen LogP contribution < -0.4 is 9.47 Å². The zero-order valence-electron chi connectivity index (χ0n) is 18.4. The van der Waals surface area contributed by atoms with E-state index in [1.54, 1.807) is 6.07 Å². The van der Waals surface area contributed by atoms with Crippen LogP contribution in [-0.2, 0) is 26.2 Å². The molecular weight excluding hydrogens is 460 g/mol. The third-order valence-corrected chi connectivity index (χ3v) is 7.77. The summed E-state index contributed by atoms with van der Waals surface area (Å²) in [6.07, 6.45) is 2.24. The Balaban J connectivity index is 1.15. The Morgan fingerprint density at radius 2 is 1.76 bits per heavy atom. The molecular formula is C24H24N2O7S. The number of sulfonamides is 1. The predicted molar refractivity (Wildman–Crippen MR) is 121 cm³/mol. The lowest BCUT2D eigenvalue weighted by Crippen LogP contribution is -2.40. The minimum atomic E-state index is -3.70. The lowest BCUT2D eigenvalue weighted by atomic mass is 9.98. The van der Waals surface area contributed by atoms with Crippen molar-refractivity contribution in [2.75, 3.05) is 26.3 Å². The number of benzene rings is 2. The predicted octanol–water partition coefficient (Wildman–Crippen LogP) is 3.26. The van der Waals surface area contributed by atoms with Gasteiger partial charge in [-0.05, 0) is 37.1 Å². The van der Waals surface area contributed by atoms with Crippen molar-refractivity contribution in [3.63, 3.8) is 0 Å². The highest BCUT2D eigenvalue weighted by atomic mass is 32.2. The highest BCUT2D eigenvalue weighted by Gasteiger charge is 2.33. The number of oxazole rings is 1. The number of ether oxygens (including phenoxy) is 3. The van der Waals surface area contributed by atoms with Crippen LogP contribution >= 0.6 is 0 Å². The quantitative estimate of drug-likeness (QED) is 0.491. The van der Waals surface area contributed by atoms with Crippen LogP contribution in [0.15, 0.2) is 64.1 Å². The Hall–Kier alpha value is -3.37. The summed E-state index contributed by atoms with van der Waals surface area (Å²) in [4.78, 5) is 17.1. The fraction of sp³-hybridized carbons (Fsp3) is 0.333. The molecule has 10 heteroatoms. The number of hydrogen-bond donors (Lipinski definition) is 0. The Kier molecular flexibility index (Phi) is 6.25. The molecule has 5 rings (SSSR count). The molecule has 3 heterocycles. The monoisotopic (exact) mass is 484 g/mol. The van der Waals surface area contributed by atoms with Gasteiger partial charge in [0.1, 0.15) is 31.8 Å². The third kappa shape index (κ3) is 4.64. The highest BCUT2D eigenvalue weighted by molar-refractivity contribution is 7.89. The van der Waals surface area contributed by atoms with Gasteiger partial charge in [0, 0.05) is 24.7 Å². The van der Waals surface area contributed by atoms with E-state index in [0.29, 0.717) is 49.1 Å². The van der Waals surface area contributed by atoms with Crippen LogP contribution in [0.2, 0.25) is 0 Å². The Morgan fingerprint density at radius 1 is 1.03 bits per heavy atom. The Bertz CT molecular complexity index is 1270. The highest BCUT2D eigenvalue weighted by Crippen LogP contribution is 2.34. The summed E-state index contributed by atoms with van der Waals surface area (Å²) in [6.45, 7) is 1.29. The van der Waals surface area contributed by atoms with Crippen molar-refractivity contribution in [3.8, 4) is 23.0 Å². The van der Waals surface area contributed by atoms with Gasteiger partial charge in [0.25, 0.3) is 0 Å². The average molecular weight is 485 g/mol. The van der Waals surface area contributed by atoms with Crippen molar-refractivity contribution in [2.45, 2.75) is 24.3 Å². The molecule has 3 aromatic rings. The number of nitrogens with zero attached hydrogens (tertiary/aromatic N) is 2. The van der Waals surface area contributed by atoms with E-state index < -0.39 is 10.0 Å². The first-order chi connectivity index (χ1) is 16.5. The summed E-state index contributed by atoms with van der Waals surface area (Å²) in [6, 6.07) is 14.1. The smallest absolute Gasteiger partial charge is 0.309 e. The van der Waals surface area contributed by atoms with Gasteiger partial charge < -0.3 is 18.6 Å². The SMILES string of the molecule is O=C(OCc1coc(-c2ccccc2)n1)C1CCN(S(=O)(=O)c2ccc3c(c2)OCCO3)CC1. The zero-order chi connectivity index (χ0) is 23.5. The van der Waals surface area contributed by atoms with Gasteiger partial charge in [0.15, 0.2) is 11.5 Å². The van der Waals surface area contributed by atoms with E-state index in [1.165, 1.54) is 22.7 Å². The number of fused-ring (bicyclic) bond motifs is 1. The first kappa shape index (κ1) is 22.4. The summed E-state index contributed by atoms with van der Waals surface area (Å²) in [5.41, 5.74) is 1.36. The molecule has 1 fully saturated rings. The van der Waals surface area contributed by atoms with Gasteiger partial charge in [-0.15, -0.1) is 0 Å². The molecule has 0 N–H and O–H groups in total. The molecule has 1 aromatic heterocycles. The number of esters is 1. The maximum Gasteiger partial charge on any atom is 0.309 e. The Morgan fingerprint density at radius 3 is 2.53 bits per heavy atom. The van der Waals surface area contributed by atoms with Crippen LogP contribution in [0, 0.1) is 5.92 Å². The van der Waals surface area contributed by atoms with Gasteiger partial charge in [-0.1, -0.05) is 18.2 Å². The van der Waals surface area contributed by atoms with E-state index in [2.05, 4.69) is 4.98 Å². The van der Waals surface area contributed by atoms with Crippen LogP contribution in [0.1, 0.15) is 18.5 Å². The molecule has 0 amide bonds. The van der Waals surface area contributed by atoms with Crippen molar-refractivity contribution in [2.24, 2.45) is 5.92 Å². The van der Waals surface area contributed by atoms with E-state index in [9.17, 15) is 13.2 Å². The van der Waals surface area contributed by atoms with E-state index in [4.69, 9.17) is 18.6 Å². The summed E-state index contributed by atoms with van der Waals surface area (Å²) < 4.78 is 49.4. The molecule has 2 aromatic carbocycles. The number of carbonyl (C=O) groups is 1. The number of piperidine rings is 1. The lowest BCUT2D eigenvalue weighted by Gasteiger charge is -2.30. The molecule has 0 atom stereocenters. The minimum absolute atomic E-state index is 0.00484. The second kappa shape index (κ2) is 9.47. The van der Waals surface area contributed by atoms with Crippen molar-refractivity contribution >= 4 is 16.0 Å². The van der Waals surface area contributed by atoms with Gasteiger partial charge in [-0.3, -0.25) is 4.79 Å². The molecule has 0 spiro atoms. The number of carbonyl (C=O) groups excluding carboxylic acids is 1. The number of aromatic nitrogens is 1. The fourth-order valence-corrected chi connectivity index (χ4v) is 5.50. The van der Waals surface area contributed by atoms with E-state index in [1.807, 2.05) is 30.3 Å². The van der Waals surface area contributed by atoms with Gasteiger partial charge in [0.05, 0.1) is 10.8 Å². The molecule has 178 valence electrons. The van der Waals surface area contributed by atoms with E-state index in [0.717, 1.165) is 5.56 Å². The minimum Gasteiger partial charge on any atom is -0.486 e. The van der Waals surface area contributed by atoms with E-state index >= 15 is 0 Å². The molecule has 0 bridgehead atoms. The van der Waals surface area contributed by atoms with Crippen LogP contribution in [0.5, 0.6) is 11.5 Å². The van der Waals surface area contributed by atoms with Crippen LogP contribution in [0.3, 0.4) is 0 Å². The standard InChI is InChI=1S/C24H24N2O7S/c27-24(33-16-19-15-32-23(25-19)17-4-2-1-3-5-17)18-8-10-26(11-9-18)34(28,29)20-6-7-21-22(14-20)31-13-12-30-21/h1-7,14-15,18H,8-13,16H2. The van der Waals surface area contributed by atoms with Crippen LogP contribution in [-0.4, -0.2) is 50.0 Å². The fourth-order valence-electron chi connectivity index (χ4n) is 4.01. The van der Waals surface area contributed by atoms with Crippen molar-refractivity contribution < 1.29 is 31.8 Å². The molecule has 2 aliphatic heterocycles. The molecule has 34 heavy (non-hydrogen) atoms. The number of hydrogen-bond acceptors (Lipinski definition) is 8. The number of rotatable bonds is 6. The summed E-state index contributed by atoms with van der Waals surface area (Å²) in [5, 5.41) is 0. The van der Waals surface area contributed by atoms with E-state index in [-0.39, 0.29) is 36.5 Å². The average Bonchev–Trinajstić information content (AvgIpc) is 3.37. The molecule has 0 radical (unpaired) electrons. The van der Waals surface area contributed by atoms with Gasteiger partial charge in [-0.25, -0.2) is 13.4 Å². The lowest BCUT2D eigenvalue weighted by molar-refractivity contribution is -0.151. The summed E-state index contributed by atoms with van der Waals surface area (Å²) in [5.74, 6) is 0.695. The maximum atomic E-state index is 13.1. The van der Waals surface area contributed by atoms with Gasteiger partial charge in [0.2, 0.25) is 15.9 Å². The normalized spacial score (nSPS) is 16.8. The first-order valence-corrected chi connectivity index (χ1v) is 12.5. The largest absolute Gasteiger partial charge is 0.486 e. The molecule has 1 saturated heterocycles. The van der Waals surface area contributed by atoms with Crippen LogP contribution in [0.4, 0.5) is 0 Å². The third-order valence-electron chi connectivity index (χ3n) is 5.87. The van der Waals surface area contributed by atoms with Crippen molar-refractivity contribution in [1.29, 1.82) is 0 Å². The van der Waals surface area contributed by atoms with Crippen molar-refractivity contribution in [1.82, 2.24) is 9.29 Å². The second-order valence-corrected chi connectivity index (χ2v) is 10.0. The Labute approximate surface area is 197 Å². The summed E-state index contributed by atoms with van der Waals surface area (Å²) in [7, 11) is -3.70. The first-order valence-electron chi connectivity index (χ1n) is 11.1. The molecule has 9 nitrogen and oxygen atoms in total. The van der Waals surface area contributed by atoms with Gasteiger partial charge >= 0.3 is 5.97 Å². The second-order valence-electron chi connectivity index (χ2n) is 8.10. The van der Waals surface area contributed by atoms with Gasteiger partial charge in [-0.2, -0.15) is 4.31 Å². The molecule has 2 aliphatic rings. The molecule has 0 aliphatic carbocycles. The topological polar surface area (TPSA) is 108 Å². The molecule has 0 saturated carbocycles. The maximum absolute atomic E-state index is 13.1. The zero-order valence-corrected chi connectivity index (χ0v) is 19.2.